The van der Waals surface area contributed by atoms with Gasteiger partial charge < -0.3 is 26.9 Å². The van der Waals surface area contributed by atoms with Crippen molar-refractivity contribution >= 4 is 32.7 Å². The number of hydrogen-bond acceptors (Lipinski definition) is 9. The van der Waals surface area contributed by atoms with Crippen molar-refractivity contribution in [3.8, 4) is 0 Å². The molecule has 0 bridgehead atoms. The highest BCUT2D eigenvalue weighted by Crippen LogP contribution is 2.08. The van der Waals surface area contributed by atoms with Gasteiger partial charge in [0.25, 0.3) is 0 Å². The summed E-state index contributed by atoms with van der Waals surface area (Å²) in [4.78, 5) is 55.8. The molecule has 0 aromatic rings. The Kier molecular flexibility index (Phi) is 20.3. The molecule has 1 aliphatic rings. The molecule has 0 atom stereocenters. The molecule has 42 heavy (non-hydrogen) atoms. The Labute approximate surface area is 254 Å². The van der Waals surface area contributed by atoms with E-state index in [-0.39, 0.29) is 32.1 Å². The normalized spacial score (nSPS) is 17.7. The molecule has 0 aromatic heterocycles. The van der Waals surface area contributed by atoms with Crippen LogP contribution in [0.2, 0.25) is 12.6 Å². The van der Waals surface area contributed by atoms with Gasteiger partial charge in [0.1, 0.15) is 0 Å². The van der Waals surface area contributed by atoms with Crippen LogP contribution < -0.4 is 22.5 Å². The van der Waals surface area contributed by atoms with Crippen LogP contribution in [0.15, 0.2) is 0 Å². The Balaban J connectivity index is 2.66. The zero-order chi connectivity index (χ0) is 31.3. The van der Waals surface area contributed by atoms with E-state index in [9.17, 15) is 19.2 Å². The minimum Gasteiger partial charge on any atom is -0.415 e. The lowest BCUT2D eigenvalue weighted by Crippen LogP contribution is -2.47. The fraction of sp³-hybridized carbons (Fsp3) is 0.857. The number of carbonyl (C=O) groups excluding carboxylic acids is 4. The minimum absolute atomic E-state index is 0.0157. The third-order valence-electron chi connectivity index (χ3n) is 7.08. The topological polar surface area (TPSA) is 181 Å². The molecule has 1 radical (unpaired) electrons. The number of nitrogens with one attached hydrogen (secondary N) is 1. The van der Waals surface area contributed by atoms with Crippen molar-refractivity contribution in [1.29, 1.82) is 0 Å². The van der Waals surface area contributed by atoms with Gasteiger partial charge in [0.05, 0.1) is 26.2 Å². The monoisotopic (exact) mass is 613 g/mol. The molecule has 0 spiro atoms. The van der Waals surface area contributed by atoms with E-state index >= 15 is 0 Å². The first-order valence-corrected chi connectivity index (χ1v) is 17.6. The van der Waals surface area contributed by atoms with E-state index in [4.69, 9.17) is 21.6 Å². The van der Waals surface area contributed by atoms with Crippen LogP contribution in [-0.4, -0.2) is 143 Å². The van der Waals surface area contributed by atoms with E-state index < -0.39 is 26.8 Å². The number of rotatable bonds is 17. The molecular weight excluding hydrogens is 556 g/mol. The van der Waals surface area contributed by atoms with Crippen LogP contribution in [0.4, 0.5) is 0 Å². The minimum atomic E-state index is -0.705. The van der Waals surface area contributed by atoms with Gasteiger partial charge in [-0.05, 0) is 71.9 Å². The smallest absolute Gasteiger partial charge is 0.234 e. The van der Waals surface area contributed by atoms with Crippen molar-refractivity contribution in [2.75, 3.05) is 85.1 Å². The molecule has 13 nitrogen and oxygen atoms in total. The summed E-state index contributed by atoms with van der Waals surface area (Å²) in [5.74, 6) is -1.24. The molecular formula is C28H57N8O5Si. The van der Waals surface area contributed by atoms with Crippen molar-refractivity contribution in [1.82, 2.24) is 24.9 Å². The van der Waals surface area contributed by atoms with Crippen molar-refractivity contribution in [3.05, 3.63) is 0 Å². The van der Waals surface area contributed by atoms with Gasteiger partial charge in [-0.15, -0.1) is 0 Å². The van der Waals surface area contributed by atoms with Crippen molar-refractivity contribution in [3.63, 3.8) is 0 Å². The van der Waals surface area contributed by atoms with Crippen LogP contribution >= 0.6 is 0 Å². The Morgan fingerprint density at radius 3 is 1.48 bits per heavy atom. The van der Waals surface area contributed by atoms with Gasteiger partial charge in [-0.1, -0.05) is 19.3 Å². The Morgan fingerprint density at radius 2 is 1.07 bits per heavy atom. The van der Waals surface area contributed by atoms with E-state index in [1.54, 1.807) is 0 Å². The van der Waals surface area contributed by atoms with Crippen LogP contribution in [-0.2, 0) is 23.6 Å². The van der Waals surface area contributed by atoms with Gasteiger partial charge in [-0.25, -0.2) is 0 Å². The highest BCUT2D eigenvalue weighted by molar-refractivity contribution is 6.50. The highest BCUT2D eigenvalue weighted by Gasteiger charge is 2.18. The van der Waals surface area contributed by atoms with Crippen LogP contribution in [0.25, 0.3) is 0 Å². The number of carbonyl (C=O) groups is 4. The second kappa shape index (κ2) is 22.4. The second-order valence-electron chi connectivity index (χ2n) is 11.6. The number of amides is 4. The van der Waals surface area contributed by atoms with Gasteiger partial charge in [0, 0.05) is 38.8 Å². The maximum atomic E-state index is 12.8. The molecule has 4 amide bonds. The van der Waals surface area contributed by atoms with Crippen LogP contribution in [0.3, 0.4) is 0 Å². The lowest BCUT2D eigenvalue weighted by molar-refractivity contribution is -0.123. The number of unbranched alkanes of at least 4 members (excludes halogenated alkanes) is 3. The first kappa shape index (κ1) is 37.9. The summed E-state index contributed by atoms with van der Waals surface area (Å²) >= 11 is 0. The third-order valence-corrected chi connectivity index (χ3v) is 9.01. The van der Waals surface area contributed by atoms with E-state index in [0.29, 0.717) is 71.4 Å². The maximum Gasteiger partial charge on any atom is 0.234 e. The molecule has 0 unspecified atom stereocenters. The zero-order valence-electron chi connectivity index (χ0n) is 26.3. The Bertz CT molecular complexity index is 806. The molecule has 1 heterocycles. The summed E-state index contributed by atoms with van der Waals surface area (Å²) in [5, 5.41) is 3.06. The summed E-state index contributed by atoms with van der Waals surface area (Å²) in [7, 11) is -0.705. The lowest BCUT2D eigenvalue weighted by Gasteiger charge is -2.31. The summed E-state index contributed by atoms with van der Waals surface area (Å²) in [6.45, 7) is 12.5. The second-order valence-corrected chi connectivity index (χ2v) is 13.7. The van der Waals surface area contributed by atoms with E-state index in [2.05, 4.69) is 30.6 Å². The van der Waals surface area contributed by atoms with E-state index in [1.807, 2.05) is 14.7 Å². The molecule has 0 aliphatic carbocycles. The molecule has 7 N–H and O–H groups in total. The standard InChI is InChI=1S/C28H57N8O5Si/c1-24(2)41-42(3)19-7-5-4-6-10-32-28(40)23-36-14-9-13-34(21-26(30)38)16-15-33(20-25(29)37)11-8-12-35(17-18-36)22-27(31)39/h24H,4-23H2,1-3H3,(H2,29,37)(H2,30,38)(H2,31,39)(H,32,40). The maximum absolute atomic E-state index is 12.8. The fourth-order valence-corrected chi connectivity index (χ4v) is 6.81. The highest BCUT2D eigenvalue weighted by atomic mass is 28.3. The third kappa shape index (κ3) is 20.7. The van der Waals surface area contributed by atoms with Gasteiger partial charge >= 0.3 is 0 Å². The van der Waals surface area contributed by atoms with E-state index in [1.165, 1.54) is 0 Å². The van der Waals surface area contributed by atoms with Crippen LogP contribution in [0, 0.1) is 0 Å². The van der Waals surface area contributed by atoms with Gasteiger partial charge in [0.2, 0.25) is 32.7 Å². The summed E-state index contributed by atoms with van der Waals surface area (Å²) < 4.78 is 5.88. The lowest BCUT2D eigenvalue weighted by atomic mass is 10.2. The van der Waals surface area contributed by atoms with Crippen molar-refractivity contribution < 1.29 is 23.6 Å². The molecule has 1 rings (SSSR count). The number of hydrogen-bond donors (Lipinski definition) is 4. The fourth-order valence-electron chi connectivity index (χ4n) is 5.14. The van der Waals surface area contributed by atoms with Crippen molar-refractivity contribution in [2.45, 2.75) is 71.1 Å². The predicted octanol–water partition coefficient (Wildman–Crippen LogP) is -0.833. The predicted molar refractivity (Wildman–Crippen MR) is 167 cm³/mol. The molecule has 0 saturated carbocycles. The number of primary amides is 3. The molecule has 243 valence electrons. The van der Waals surface area contributed by atoms with Crippen LogP contribution in [0.1, 0.15) is 52.4 Å². The Hall–Kier alpha value is -2.10. The average Bonchev–Trinajstić information content (AvgIpc) is 2.87. The molecule has 1 fully saturated rings. The first-order valence-electron chi connectivity index (χ1n) is 15.4. The summed E-state index contributed by atoms with van der Waals surface area (Å²) in [5.41, 5.74) is 16.4. The molecule has 1 aliphatic heterocycles. The number of nitrogens with two attached hydrogens (primary N) is 3. The SMILES string of the molecule is CC(C)O[Si](C)CCCCCCNC(=O)CN1CCCN(CC(N)=O)CCN(CC(N)=O)CCCN(CC(N)=O)CC1. The molecule has 1 saturated heterocycles. The van der Waals surface area contributed by atoms with E-state index in [0.717, 1.165) is 38.1 Å². The Morgan fingerprint density at radius 1 is 0.667 bits per heavy atom. The zero-order valence-corrected chi connectivity index (χ0v) is 27.3. The largest absolute Gasteiger partial charge is 0.415 e. The number of nitrogens with zero attached hydrogens (tertiary/aromatic N) is 4. The van der Waals surface area contributed by atoms with Crippen LogP contribution in [0.5, 0.6) is 0 Å². The summed E-state index contributed by atoms with van der Waals surface area (Å²) in [6.07, 6.45) is 6.07. The van der Waals surface area contributed by atoms with Gasteiger partial charge in [-0.2, -0.15) is 0 Å². The van der Waals surface area contributed by atoms with Gasteiger partial charge in [0.15, 0.2) is 0 Å². The van der Waals surface area contributed by atoms with Crippen molar-refractivity contribution in [2.24, 2.45) is 17.2 Å². The average molecular weight is 614 g/mol. The summed E-state index contributed by atoms with van der Waals surface area (Å²) in [6, 6.07) is 1.15. The molecule has 14 heteroatoms. The molecule has 0 aromatic carbocycles. The van der Waals surface area contributed by atoms with Gasteiger partial charge in [-0.3, -0.25) is 38.8 Å². The quantitative estimate of drug-likeness (QED) is 0.120. The first-order chi connectivity index (χ1) is 19.9.